The summed E-state index contributed by atoms with van der Waals surface area (Å²) in [7, 11) is -29.7. The van der Waals surface area contributed by atoms with Crippen LogP contribution in [0.2, 0.25) is 0 Å². The first-order valence-corrected chi connectivity index (χ1v) is 19.5. The fraction of sp³-hybridized carbons (Fsp3) is 0. The molecule has 0 aromatic heterocycles. The molecule has 4 aromatic rings. The molecule has 0 aliphatic carbocycles. The summed E-state index contributed by atoms with van der Waals surface area (Å²) in [5, 5.41) is 17.7. The highest BCUT2D eigenvalue weighted by atomic mass is 32.2. The van der Waals surface area contributed by atoms with Crippen molar-refractivity contribution in [3.8, 4) is 11.5 Å². The predicted molar refractivity (Wildman–Crippen MR) is 150 cm³/mol. The van der Waals surface area contributed by atoms with Gasteiger partial charge < -0.3 is 10.2 Å². The molecule has 0 unspecified atom stereocenters. The second-order valence-corrected chi connectivity index (χ2v) is 17.1. The molecular formula is C20H16O20S6. The molecule has 0 aliphatic rings. The molecule has 0 saturated heterocycles. The van der Waals surface area contributed by atoms with E-state index in [4.69, 9.17) is 27.3 Å². The van der Waals surface area contributed by atoms with E-state index in [0.717, 1.165) is 12.1 Å². The molecule has 0 heterocycles. The fourth-order valence-electron chi connectivity index (χ4n) is 3.82. The zero-order valence-electron chi connectivity index (χ0n) is 21.5. The molecule has 0 atom stereocenters. The summed E-state index contributed by atoms with van der Waals surface area (Å²) in [4.78, 5) is -6.13. The minimum absolute atomic E-state index is 0.391. The van der Waals surface area contributed by atoms with Crippen LogP contribution in [-0.4, -0.2) is 88.0 Å². The van der Waals surface area contributed by atoms with Crippen LogP contribution in [0.15, 0.2) is 77.9 Å². The van der Waals surface area contributed by atoms with Gasteiger partial charge in [0.05, 0.1) is 9.79 Å². The summed E-state index contributed by atoms with van der Waals surface area (Å²) in [6.07, 6.45) is 0. The first kappa shape index (κ1) is 36.9. The van der Waals surface area contributed by atoms with Gasteiger partial charge in [0, 0.05) is 10.8 Å². The van der Waals surface area contributed by atoms with Gasteiger partial charge in [-0.2, -0.15) is 50.5 Å². The lowest BCUT2D eigenvalue weighted by atomic mass is 10.1. The zero-order chi connectivity index (χ0) is 35.6. The molecule has 4 rings (SSSR count). The first-order chi connectivity index (χ1) is 20.4. The number of fused-ring (bicyclic) bond motifs is 2. The van der Waals surface area contributed by atoms with E-state index in [9.17, 15) is 60.7 Å². The summed E-state index contributed by atoms with van der Waals surface area (Å²) in [6, 6.07) is 5.22. The average molecular weight is 769 g/mol. The number of rotatable bonds is 6. The molecule has 0 radical (unpaired) electrons. The van der Waals surface area contributed by atoms with Gasteiger partial charge in [0.25, 0.3) is 60.7 Å². The highest BCUT2D eigenvalue weighted by molar-refractivity contribution is 7.87. The van der Waals surface area contributed by atoms with Crippen molar-refractivity contribution in [3.05, 3.63) is 48.5 Å². The lowest BCUT2D eigenvalue weighted by Crippen LogP contribution is -2.06. The first-order valence-electron chi connectivity index (χ1n) is 10.9. The van der Waals surface area contributed by atoms with E-state index >= 15 is 0 Å². The summed E-state index contributed by atoms with van der Waals surface area (Å²) in [5.74, 6) is -2.45. The van der Waals surface area contributed by atoms with Crippen LogP contribution in [0.5, 0.6) is 11.5 Å². The van der Waals surface area contributed by atoms with Crippen molar-refractivity contribution in [1.29, 1.82) is 0 Å². The SMILES string of the molecule is O=S(=O)(O)c1cc(S(=O)(=O)O)c2cc(O)c(S(=O)(=O)O)cc2c1.O=S(=O)(O)c1ccc2c(S(=O)(=O)O)c(O)c(S(=O)(=O)O)cc2c1. The van der Waals surface area contributed by atoms with Crippen LogP contribution in [-0.2, 0) is 60.7 Å². The van der Waals surface area contributed by atoms with Crippen molar-refractivity contribution in [2.75, 3.05) is 0 Å². The van der Waals surface area contributed by atoms with Gasteiger partial charge >= 0.3 is 0 Å². The van der Waals surface area contributed by atoms with Gasteiger partial charge in [0.15, 0.2) is 5.75 Å². The standard InChI is InChI=1S/2C10H8O10S3/c11-8-4-7-5(2-10(8)23(18,19)20)1-6(21(12,13)14)3-9(7)22(15,16)17;11-9-8(22(15,16)17)4-5-3-6(21(12,13)14)1-2-7(5)10(9)23(18,19)20/h2*1-4,11H,(H,12,13,14)(H,15,16,17)(H,18,19,20). The van der Waals surface area contributed by atoms with Crippen molar-refractivity contribution >= 4 is 82.3 Å². The number of hydrogen-bond acceptors (Lipinski definition) is 14. The predicted octanol–water partition coefficient (Wildman–Crippen LogP) is 0.571. The molecule has 26 heteroatoms. The van der Waals surface area contributed by atoms with Crippen molar-refractivity contribution < 1.29 is 88.0 Å². The molecule has 0 fully saturated rings. The van der Waals surface area contributed by atoms with Gasteiger partial charge in [-0.25, -0.2) is 0 Å². The number of hydrogen-bond donors (Lipinski definition) is 8. The lowest BCUT2D eigenvalue weighted by Gasteiger charge is -2.11. The van der Waals surface area contributed by atoms with E-state index in [1.54, 1.807) is 0 Å². The molecule has 252 valence electrons. The van der Waals surface area contributed by atoms with Crippen molar-refractivity contribution in [3.63, 3.8) is 0 Å². The monoisotopic (exact) mass is 768 g/mol. The van der Waals surface area contributed by atoms with E-state index < -0.39 is 123 Å². The minimum Gasteiger partial charge on any atom is -0.506 e. The number of phenols is 2. The Morgan fingerprint density at radius 1 is 0.391 bits per heavy atom. The van der Waals surface area contributed by atoms with Crippen molar-refractivity contribution in [2.45, 2.75) is 29.4 Å². The van der Waals surface area contributed by atoms with Gasteiger partial charge in [-0.1, -0.05) is 6.07 Å². The van der Waals surface area contributed by atoms with E-state index in [-0.39, 0.29) is 0 Å². The highest BCUT2D eigenvalue weighted by Gasteiger charge is 2.29. The van der Waals surface area contributed by atoms with Crippen LogP contribution in [0.3, 0.4) is 0 Å². The molecule has 0 bridgehead atoms. The third-order valence-corrected chi connectivity index (χ3v) is 10.9. The van der Waals surface area contributed by atoms with Gasteiger partial charge in [-0.3, -0.25) is 27.3 Å². The maximum atomic E-state index is 11.4. The second kappa shape index (κ2) is 11.6. The Balaban J connectivity index is 0.000000250. The van der Waals surface area contributed by atoms with Gasteiger partial charge in [0.1, 0.15) is 25.3 Å². The Morgan fingerprint density at radius 3 is 1.26 bits per heavy atom. The maximum absolute atomic E-state index is 11.4. The molecule has 4 aromatic carbocycles. The number of phenolic OH excluding ortho intramolecular Hbond substituents is 2. The Kier molecular flexibility index (Phi) is 9.32. The highest BCUT2D eigenvalue weighted by Crippen LogP contribution is 2.38. The Bertz CT molecular complexity index is 2610. The van der Waals surface area contributed by atoms with Gasteiger partial charge in [-0.15, -0.1) is 0 Å². The Morgan fingerprint density at radius 2 is 0.826 bits per heavy atom. The molecule has 0 amide bonds. The van der Waals surface area contributed by atoms with Crippen LogP contribution in [0.4, 0.5) is 0 Å². The van der Waals surface area contributed by atoms with Crippen LogP contribution in [0.25, 0.3) is 21.5 Å². The summed E-state index contributed by atoms with van der Waals surface area (Å²) >= 11 is 0. The Labute approximate surface area is 258 Å². The van der Waals surface area contributed by atoms with Gasteiger partial charge in [0.2, 0.25) is 0 Å². The minimum atomic E-state index is -5.13. The third-order valence-electron chi connectivity index (χ3n) is 5.66. The normalized spacial score (nSPS) is 13.3. The van der Waals surface area contributed by atoms with Crippen molar-refractivity contribution in [2.24, 2.45) is 0 Å². The average Bonchev–Trinajstić information content (AvgIpc) is 2.83. The third kappa shape index (κ3) is 7.87. The second-order valence-electron chi connectivity index (χ2n) is 8.75. The van der Waals surface area contributed by atoms with Gasteiger partial charge in [-0.05, 0) is 53.2 Å². The quantitative estimate of drug-likeness (QED) is 0.124. The van der Waals surface area contributed by atoms with Crippen LogP contribution < -0.4 is 0 Å². The van der Waals surface area contributed by atoms with Crippen LogP contribution in [0.1, 0.15) is 0 Å². The number of aromatic hydroxyl groups is 2. The summed E-state index contributed by atoms with van der Waals surface area (Å²) < 4.78 is 189. The molecule has 0 saturated carbocycles. The number of benzene rings is 4. The van der Waals surface area contributed by atoms with Crippen molar-refractivity contribution in [1.82, 2.24) is 0 Å². The summed E-state index contributed by atoms with van der Waals surface area (Å²) in [5.41, 5.74) is 0. The maximum Gasteiger partial charge on any atom is 0.298 e. The van der Waals surface area contributed by atoms with Crippen LogP contribution >= 0.6 is 0 Å². The molecule has 0 aliphatic heterocycles. The van der Waals surface area contributed by atoms with E-state index in [0.29, 0.717) is 36.4 Å². The smallest absolute Gasteiger partial charge is 0.298 e. The summed E-state index contributed by atoms with van der Waals surface area (Å²) in [6.45, 7) is 0. The van der Waals surface area contributed by atoms with Crippen LogP contribution in [0, 0.1) is 0 Å². The fourth-order valence-corrected chi connectivity index (χ4v) is 7.79. The largest absolute Gasteiger partial charge is 0.506 e. The van der Waals surface area contributed by atoms with E-state index in [2.05, 4.69) is 0 Å². The molecule has 20 nitrogen and oxygen atoms in total. The Hall–Kier alpha value is -3.54. The molecule has 46 heavy (non-hydrogen) atoms. The lowest BCUT2D eigenvalue weighted by molar-refractivity contribution is 0.424. The topological polar surface area (TPSA) is 367 Å². The van der Waals surface area contributed by atoms with E-state index in [1.807, 2.05) is 0 Å². The van der Waals surface area contributed by atoms with E-state index in [1.165, 1.54) is 0 Å². The molecule has 8 N–H and O–H groups in total. The molecular weight excluding hydrogens is 753 g/mol. The molecule has 0 spiro atoms. The zero-order valence-corrected chi connectivity index (χ0v) is 26.4.